The first-order valence-electron chi connectivity index (χ1n) is 8.32. The van der Waals surface area contributed by atoms with E-state index in [0.29, 0.717) is 18.8 Å². The highest BCUT2D eigenvalue weighted by molar-refractivity contribution is 8.00. The maximum atomic E-state index is 12.8. The van der Waals surface area contributed by atoms with Crippen molar-refractivity contribution in [2.24, 2.45) is 0 Å². The molecule has 1 aliphatic rings. The molecule has 1 fully saturated rings. The molecule has 24 heavy (non-hydrogen) atoms. The Morgan fingerprint density at radius 2 is 2.17 bits per heavy atom. The predicted molar refractivity (Wildman–Crippen MR) is 101 cm³/mol. The minimum Gasteiger partial charge on any atom is -0.376 e. The van der Waals surface area contributed by atoms with E-state index in [1.165, 1.54) is 10.4 Å². The van der Waals surface area contributed by atoms with E-state index in [2.05, 4.69) is 42.6 Å². The van der Waals surface area contributed by atoms with E-state index in [-0.39, 0.29) is 12.0 Å². The van der Waals surface area contributed by atoms with Gasteiger partial charge in [-0.05, 0) is 43.3 Å². The average molecular weight is 362 g/mol. The van der Waals surface area contributed by atoms with Crippen molar-refractivity contribution < 1.29 is 9.53 Å². The number of carbonyl (C=O) groups excluding carboxylic acids is 1. The summed E-state index contributed by atoms with van der Waals surface area (Å²) in [4.78, 5) is 17.1. The molecule has 3 rings (SSSR count). The number of rotatable bonds is 7. The number of carbonyl (C=O) groups is 1. The van der Waals surface area contributed by atoms with Crippen molar-refractivity contribution in [2.75, 3.05) is 18.9 Å². The number of hydrogen-bond donors (Lipinski definition) is 0. The maximum Gasteiger partial charge on any atom is 0.233 e. The molecule has 2 aromatic rings. The summed E-state index contributed by atoms with van der Waals surface area (Å²) in [6.07, 6.45) is 2.35. The van der Waals surface area contributed by atoms with Crippen LogP contribution < -0.4 is 0 Å². The van der Waals surface area contributed by atoms with E-state index in [9.17, 15) is 4.79 Å². The highest BCUT2D eigenvalue weighted by Gasteiger charge is 2.23. The summed E-state index contributed by atoms with van der Waals surface area (Å²) >= 11 is 3.31. The van der Waals surface area contributed by atoms with Crippen molar-refractivity contribution in [1.29, 1.82) is 0 Å². The zero-order chi connectivity index (χ0) is 16.8. The topological polar surface area (TPSA) is 29.5 Å². The van der Waals surface area contributed by atoms with Crippen molar-refractivity contribution in [2.45, 2.75) is 37.3 Å². The predicted octanol–water partition coefficient (Wildman–Crippen LogP) is 4.36. The number of hydrogen-bond acceptors (Lipinski definition) is 4. The van der Waals surface area contributed by atoms with Crippen molar-refractivity contribution in [3.63, 3.8) is 0 Å². The van der Waals surface area contributed by atoms with Crippen LogP contribution in [-0.4, -0.2) is 35.8 Å². The van der Waals surface area contributed by atoms with Gasteiger partial charge in [0.25, 0.3) is 0 Å². The second-order valence-electron chi connectivity index (χ2n) is 6.09. The van der Waals surface area contributed by atoms with Crippen LogP contribution in [0.4, 0.5) is 0 Å². The molecule has 1 saturated heterocycles. The van der Waals surface area contributed by atoms with Gasteiger partial charge >= 0.3 is 0 Å². The molecule has 0 saturated carbocycles. The molecule has 0 radical (unpaired) electrons. The number of benzene rings is 1. The molecule has 3 nitrogen and oxygen atoms in total. The molecule has 0 bridgehead atoms. The molecule has 1 amide bonds. The lowest BCUT2D eigenvalue weighted by molar-refractivity contribution is -0.130. The number of thiophene rings is 1. The lowest BCUT2D eigenvalue weighted by Crippen LogP contribution is -2.37. The van der Waals surface area contributed by atoms with Gasteiger partial charge < -0.3 is 9.64 Å². The van der Waals surface area contributed by atoms with Gasteiger partial charge in [-0.1, -0.05) is 23.8 Å². The first-order valence-corrected chi connectivity index (χ1v) is 10.2. The molecule has 5 heteroatoms. The maximum absolute atomic E-state index is 12.8. The summed E-state index contributed by atoms with van der Waals surface area (Å²) in [7, 11) is 0. The Hall–Kier alpha value is -1.30. The number of ether oxygens (including phenoxy) is 1. The third-order valence-electron chi connectivity index (χ3n) is 4.11. The Morgan fingerprint density at radius 1 is 1.33 bits per heavy atom. The van der Waals surface area contributed by atoms with E-state index < -0.39 is 0 Å². The molecular weight excluding hydrogens is 338 g/mol. The lowest BCUT2D eigenvalue weighted by Gasteiger charge is -2.25. The van der Waals surface area contributed by atoms with Crippen LogP contribution in [0.5, 0.6) is 0 Å². The molecule has 1 aromatic heterocycles. The number of thioether (sulfide) groups is 1. The Labute approximate surface area is 152 Å². The van der Waals surface area contributed by atoms with Crippen LogP contribution in [-0.2, 0) is 16.1 Å². The zero-order valence-corrected chi connectivity index (χ0v) is 15.6. The van der Waals surface area contributed by atoms with Gasteiger partial charge in [-0.2, -0.15) is 0 Å². The molecule has 0 N–H and O–H groups in total. The van der Waals surface area contributed by atoms with Crippen molar-refractivity contribution in [3.8, 4) is 0 Å². The minimum atomic E-state index is 0.185. The van der Waals surface area contributed by atoms with Crippen LogP contribution in [0.15, 0.2) is 46.7 Å². The van der Waals surface area contributed by atoms with Gasteiger partial charge in [-0.15, -0.1) is 23.1 Å². The van der Waals surface area contributed by atoms with Gasteiger partial charge in [-0.25, -0.2) is 0 Å². The van der Waals surface area contributed by atoms with E-state index >= 15 is 0 Å². The highest BCUT2D eigenvalue weighted by atomic mass is 32.2. The second-order valence-corrected chi connectivity index (χ2v) is 8.17. The van der Waals surface area contributed by atoms with E-state index in [1.807, 2.05) is 11.0 Å². The Kier molecular flexibility index (Phi) is 6.35. The number of amides is 1. The fourth-order valence-corrected chi connectivity index (χ4v) is 4.27. The number of nitrogens with zero attached hydrogens (tertiary/aromatic N) is 1. The van der Waals surface area contributed by atoms with E-state index in [4.69, 9.17) is 4.74 Å². The molecule has 1 atom stereocenters. The third-order valence-corrected chi connectivity index (χ3v) is 5.97. The Morgan fingerprint density at radius 3 is 2.83 bits per heavy atom. The van der Waals surface area contributed by atoms with E-state index in [1.54, 1.807) is 23.1 Å². The summed E-state index contributed by atoms with van der Waals surface area (Å²) < 4.78 is 5.73. The summed E-state index contributed by atoms with van der Waals surface area (Å²) in [5.41, 5.74) is 1.24. The molecule has 2 heterocycles. The van der Waals surface area contributed by atoms with Crippen LogP contribution in [0.2, 0.25) is 0 Å². The van der Waals surface area contributed by atoms with E-state index in [0.717, 1.165) is 24.3 Å². The lowest BCUT2D eigenvalue weighted by atomic mass is 10.2. The van der Waals surface area contributed by atoms with Crippen LogP contribution in [0.25, 0.3) is 0 Å². The average Bonchev–Trinajstić information content (AvgIpc) is 3.27. The van der Waals surface area contributed by atoms with Gasteiger partial charge in [0, 0.05) is 22.9 Å². The summed E-state index contributed by atoms with van der Waals surface area (Å²) in [5.74, 6) is 0.658. The second kappa shape index (κ2) is 8.70. The quantitative estimate of drug-likeness (QED) is 0.687. The first-order chi connectivity index (χ1) is 11.7. The van der Waals surface area contributed by atoms with Gasteiger partial charge in [0.2, 0.25) is 5.91 Å². The summed E-state index contributed by atoms with van der Waals surface area (Å²) in [5, 5.41) is 2.06. The smallest absolute Gasteiger partial charge is 0.233 e. The molecule has 0 aliphatic carbocycles. The zero-order valence-electron chi connectivity index (χ0n) is 13.9. The summed E-state index contributed by atoms with van der Waals surface area (Å²) in [6.45, 7) is 4.28. The van der Waals surface area contributed by atoms with Crippen molar-refractivity contribution in [3.05, 3.63) is 52.2 Å². The van der Waals surface area contributed by atoms with Crippen LogP contribution >= 0.6 is 23.1 Å². The van der Waals surface area contributed by atoms with Gasteiger partial charge in [0.05, 0.1) is 18.4 Å². The standard InChI is InChI=1S/C19H23NO2S2/c1-15-6-8-17(9-7-15)24-14-19(21)20(12-16-4-2-10-22-16)13-18-5-3-11-23-18/h3,5-9,11,16H,2,4,10,12-14H2,1H3. The number of aryl methyl sites for hydroxylation is 1. The van der Waals surface area contributed by atoms with Gasteiger partial charge in [0.1, 0.15) is 0 Å². The third kappa shape index (κ3) is 5.10. The molecule has 0 spiro atoms. The molecule has 1 aliphatic heterocycles. The minimum absolute atomic E-state index is 0.185. The first kappa shape index (κ1) is 17.5. The highest BCUT2D eigenvalue weighted by Crippen LogP contribution is 2.21. The monoisotopic (exact) mass is 361 g/mol. The Balaban J connectivity index is 1.59. The van der Waals surface area contributed by atoms with Gasteiger partial charge in [0.15, 0.2) is 0 Å². The SMILES string of the molecule is Cc1ccc(SCC(=O)N(Cc2cccs2)CC2CCCO2)cc1. The normalized spacial score (nSPS) is 17.1. The Bertz CT molecular complexity index is 634. The fraction of sp³-hybridized carbons (Fsp3) is 0.421. The largest absolute Gasteiger partial charge is 0.376 e. The van der Waals surface area contributed by atoms with Crippen LogP contribution in [0, 0.1) is 6.92 Å². The molecule has 1 unspecified atom stereocenters. The molecular formula is C19H23NO2S2. The van der Waals surface area contributed by atoms with Crippen LogP contribution in [0.1, 0.15) is 23.3 Å². The van der Waals surface area contributed by atoms with Gasteiger partial charge in [-0.3, -0.25) is 4.79 Å². The summed E-state index contributed by atoms with van der Waals surface area (Å²) in [6, 6.07) is 12.5. The van der Waals surface area contributed by atoms with Crippen molar-refractivity contribution >= 4 is 29.0 Å². The van der Waals surface area contributed by atoms with Crippen molar-refractivity contribution in [1.82, 2.24) is 4.90 Å². The van der Waals surface area contributed by atoms with Crippen LogP contribution in [0.3, 0.4) is 0 Å². The fourth-order valence-electron chi connectivity index (χ4n) is 2.75. The molecule has 128 valence electrons. The molecule has 1 aromatic carbocycles.